The van der Waals surface area contributed by atoms with Crippen molar-refractivity contribution < 1.29 is 14.2 Å². The Kier molecular flexibility index (Phi) is 3.51. The Labute approximate surface area is 103 Å². The molecule has 18 heavy (non-hydrogen) atoms. The van der Waals surface area contributed by atoms with Crippen LogP contribution in [0.1, 0.15) is 11.3 Å². The van der Waals surface area contributed by atoms with Gasteiger partial charge in [0.2, 0.25) is 5.88 Å². The van der Waals surface area contributed by atoms with Crippen LogP contribution in [0.3, 0.4) is 0 Å². The molecule has 0 aliphatic carbocycles. The van der Waals surface area contributed by atoms with E-state index in [1.807, 2.05) is 6.07 Å². The van der Waals surface area contributed by atoms with Crippen molar-refractivity contribution in [3.63, 3.8) is 0 Å². The number of ether oxygens (including phenoxy) is 1. The van der Waals surface area contributed by atoms with Crippen LogP contribution in [0.2, 0.25) is 0 Å². The lowest BCUT2D eigenvalue weighted by Crippen LogP contribution is -1.97. The zero-order valence-electron chi connectivity index (χ0n) is 9.30. The number of aliphatic hydroxyl groups is 1. The third kappa shape index (κ3) is 2.62. The number of pyridine rings is 1. The summed E-state index contributed by atoms with van der Waals surface area (Å²) in [5.74, 6) is 0.313. The van der Waals surface area contributed by atoms with Crippen LogP contribution in [-0.4, -0.2) is 10.1 Å². The lowest BCUT2D eigenvalue weighted by atomic mass is 10.2. The number of aromatic nitrogens is 1. The summed E-state index contributed by atoms with van der Waals surface area (Å²) in [6.07, 6.45) is 0. The Morgan fingerprint density at radius 2 is 1.94 bits per heavy atom. The number of nitriles is 1. The average molecular weight is 244 g/mol. The van der Waals surface area contributed by atoms with E-state index in [1.165, 1.54) is 36.4 Å². The molecule has 0 spiro atoms. The standard InChI is InChI=1S/C13H9FN2O2/c14-10-2-4-11(5-3-10)18-13-6-1-9(7-15)12(8-17)16-13/h1-6,17H,8H2. The first-order valence-electron chi connectivity index (χ1n) is 5.17. The van der Waals surface area contributed by atoms with Crippen molar-refractivity contribution in [2.45, 2.75) is 6.61 Å². The van der Waals surface area contributed by atoms with Crippen molar-refractivity contribution in [3.8, 4) is 17.7 Å². The van der Waals surface area contributed by atoms with Crippen LogP contribution in [-0.2, 0) is 6.61 Å². The van der Waals surface area contributed by atoms with Crippen LogP contribution in [0.15, 0.2) is 36.4 Å². The average Bonchev–Trinajstić information content (AvgIpc) is 2.41. The lowest BCUT2D eigenvalue weighted by Gasteiger charge is -2.06. The molecule has 5 heteroatoms. The van der Waals surface area contributed by atoms with Crippen LogP contribution in [0, 0.1) is 17.1 Å². The Balaban J connectivity index is 2.25. The second-order valence-corrected chi connectivity index (χ2v) is 3.47. The molecule has 1 aromatic heterocycles. The van der Waals surface area contributed by atoms with Crippen molar-refractivity contribution >= 4 is 0 Å². The first kappa shape index (κ1) is 12.0. The molecule has 0 aliphatic heterocycles. The fraction of sp³-hybridized carbons (Fsp3) is 0.0769. The summed E-state index contributed by atoms with van der Waals surface area (Å²) in [6, 6.07) is 10.4. The SMILES string of the molecule is N#Cc1ccc(Oc2ccc(F)cc2)nc1CO. The largest absolute Gasteiger partial charge is 0.439 e. The van der Waals surface area contributed by atoms with Gasteiger partial charge in [-0.15, -0.1) is 0 Å². The predicted molar refractivity (Wildman–Crippen MR) is 61.3 cm³/mol. The maximum atomic E-state index is 12.7. The second kappa shape index (κ2) is 5.25. The molecule has 1 heterocycles. The van der Waals surface area contributed by atoms with E-state index >= 15 is 0 Å². The lowest BCUT2D eigenvalue weighted by molar-refractivity contribution is 0.275. The van der Waals surface area contributed by atoms with Gasteiger partial charge in [-0.2, -0.15) is 5.26 Å². The molecule has 0 atom stereocenters. The zero-order chi connectivity index (χ0) is 13.0. The maximum Gasteiger partial charge on any atom is 0.219 e. The molecule has 90 valence electrons. The molecule has 0 fully saturated rings. The number of hydrogen-bond acceptors (Lipinski definition) is 4. The molecule has 0 aliphatic rings. The van der Waals surface area contributed by atoms with E-state index in [4.69, 9.17) is 15.1 Å². The maximum absolute atomic E-state index is 12.7. The molecule has 0 amide bonds. The third-order valence-electron chi connectivity index (χ3n) is 2.25. The monoisotopic (exact) mass is 244 g/mol. The van der Waals surface area contributed by atoms with E-state index in [0.29, 0.717) is 11.3 Å². The summed E-state index contributed by atoms with van der Waals surface area (Å²) < 4.78 is 18.1. The Bertz CT molecular complexity index is 591. The van der Waals surface area contributed by atoms with E-state index in [1.54, 1.807) is 0 Å². The smallest absolute Gasteiger partial charge is 0.219 e. The van der Waals surface area contributed by atoms with Crippen LogP contribution in [0.25, 0.3) is 0 Å². The Hall–Kier alpha value is -2.45. The van der Waals surface area contributed by atoms with Gasteiger partial charge in [0.1, 0.15) is 17.6 Å². The van der Waals surface area contributed by atoms with Gasteiger partial charge in [-0.1, -0.05) is 0 Å². The fourth-order valence-corrected chi connectivity index (χ4v) is 1.38. The summed E-state index contributed by atoms with van der Waals surface area (Å²) in [7, 11) is 0. The van der Waals surface area contributed by atoms with Crippen LogP contribution >= 0.6 is 0 Å². The minimum Gasteiger partial charge on any atom is -0.439 e. The van der Waals surface area contributed by atoms with Crippen LogP contribution in [0.5, 0.6) is 11.6 Å². The zero-order valence-corrected chi connectivity index (χ0v) is 9.30. The number of hydrogen-bond donors (Lipinski definition) is 1. The van der Waals surface area contributed by atoms with Gasteiger partial charge < -0.3 is 9.84 Å². The van der Waals surface area contributed by atoms with Crippen molar-refractivity contribution in [3.05, 3.63) is 53.5 Å². The van der Waals surface area contributed by atoms with Gasteiger partial charge in [0.25, 0.3) is 0 Å². The summed E-state index contributed by atoms with van der Waals surface area (Å²) in [4.78, 5) is 3.99. The number of benzene rings is 1. The summed E-state index contributed by atoms with van der Waals surface area (Å²) in [6.45, 7) is -0.344. The molecule has 1 N–H and O–H groups in total. The molecule has 1 aromatic carbocycles. The summed E-state index contributed by atoms with van der Waals surface area (Å²) in [5.41, 5.74) is 0.543. The van der Waals surface area contributed by atoms with E-state index in [0.717, 1.165) is 0 Å². The molecule has 2 rings (SSSR count). The molecule has 0 saturated heterocycles. The van der Waals surface area contributed by atoms with Crippen molar-refractivity contribution in [2.24, 2.45) is 0 Å². The quantitative estimate of drug-likeness (QED) is 0.900. The van der Waals surface area contributed by atoms with Gasteiger partial charge in [-0.05, 0) is 30.3 Å². The minimum absolute atomic E-state index is 0.240. The van der Waals surface area contributed by atoms with E-state index in [9.17, 15) is 4.39 Å². The van der Waals surface area contributed by atoms with E-state index < -0.39 is 0 Å². The van der Waals surface area contributed by atoms with E-state index in [-0.39, 0.29) is 24.0 Å². The molecule has 2 aromatic rings. The highest BCUT2D eigenvalue weighted by molar-refractivity contribution is 5.37. The van der Waals surface area contributed by atoms with Gasteiger partial charge in [0, 0.05) is 6.07 Å². The first-order chi connectivity index (χ1) is 8.72. The number of aliphatic hydroxyl groups excluding tert-OH is 1. The van der Waals surface area contributed by atoms with Crippen molar-refractivity contribution in [2.75, 3.05) is 0 Å². The fourth-order valence-electron chi connectivity index (χ4n) is 1.38. The van der Waals surface area contributed by atoms with E-state index in [2.05, 4.69) is 4.98 Å². The first-order valence-corrected chi connectivity index (χ1v) is 5.17. The molecule has 0 saturated carbocycles. The predicted octanol–water partition coefficient (Wildman–Crippen LogP) is 2.38. The number of rotatable bonds is 3. The summed E-state index contributed by atoms with van der Waals surface area (Å²) in [5, 5.41) is 17.8. The number of halogens is 1. The van der Waals surface area contributed by atoms with Crippen molar-refractivity contribution in [1.29, 1.82) is 5.26 Å². The molecule has 0 bridgehead atoms. The Morgan fingerprint density at radius 1 is 1.22 bits per heavy atom. The highest BCUT2D eigenvalue weighted by Gasteiger charge is 2.06. The van der Waals surface area contributed by atoms with Gasteiger partial charge in [0.15, 0.2) is 0 Å². The van der Waals surface area contributed by atoms with Crippen molar-refractivity contribution in [1.82, 2.24) is 4.98 Å². The van der Waals surface area contributed by atoms with Gasteiger partial charge in [0.05, 0.1) is 17.9 Å². The molecule has 0 radical (unpaired) electrons. The Morgan fingerprint density at radius 3 is 2.56 bits per heavy atom. The summed E-state index contributed by atoms with van der Waals surface area (Å²) >= 11 is 0. The number of nitrogens with zero attached hydrogens (tertiary/aromatic N) is 2. The minimum atomic E-state index is -0.355. The molecular weight excluding hydrogens is 235 g/mol. The van der Waals surface area contributed by atoms with Gasteiger partial charge >= 0.3 is 0 Å². The highest BCUT2D eigenvalue weighted by Crippen LogP contribution is 2.21. The third-order valence-corrected chi connectivity index (χ3v) is 2.25. The second-order valence-electron chi connectivity index (χ2n) is 3.47. The molecule has 0 unspecified atom stereocenters. The van der Waals surface area contributed by atoms with Gasteiger partial charge in [-0.3, -0.25) is 0 Å². The molecular formula is C13H9FN2O2. The normalized spacial score (nSPS) is 9.83. The highest BCUT2D eigenvalue weighted by atomic mass is 19.1. The van der Waals surface area contributed by atoms with Crippen LogP contribution < -0.4 is 4.74 Å². The van der Waals surface area contributed by atoms with Gasteiger partial charge in [-0.25, -0.2) is 9.37 Å². The molecule has 4 nitrogen and oxygen atoms in total. The van der Waals surface area contributed by atoms with Crippen LogP contribution in [0.4, 0.5) is 4.39 Å². The topological polar surface area (TPSA) is 66.1 Å².